The standard InChI is InChI=1S/C14H18N2O/c1-3-8-15-10-13-9-14(16-17-13)12-6-4-11(2)5-7-12/h3-7,13,15H,1,8-10H2,2H3/p+1/t13-/m1/s1. The monoisotopic (exact) mass is 231 g/mol. The van der Waals surface area contributed by atoms with E-state index in [0.717, 1.165) is 25.2 Å². The minimum absolute atomic E-state index is 0.200. The van der Waals surface area contributed by atoms with E-state index in [0.29, 0.717) is 0 Å². The van der Waals surface area contributed by atoms with Gasteiger partial charge in [0, 0.05) is 6.42 Å². The van der Waals surface area contributed by atoms with Crippen molar-refractivity contribution in [1.29, 1.82) is 0 Å². The van der Waals surface area contributed by atoms with Crippen LogP contribution in [0.3, 0.4) is 0 Å². The molecule has 3 nitrogen and oxygen atoms in total. The highest BCUT2D eigenvalue weighted by Crippen LogP contribution is 2.16. The predicted molar refractivity (Wildman–Crippen MR) is 69.1 cm³/mol. The summed E-state index contributed by atoms with van der Waals surface area (Å²) >= 11 is 0. The van der Waals surface area contributed by atoms with E-state index in [-0.39, 0.29) is 6.10 Å². The van der Waals surface area contributed by atoms with E-state index in [1.54, 1.807) is 0 Å². The number of aryl methyl sites for hydroxylation is 1. The van der Waals surface area contributed by atoms with Crippen molar-refractivity contribution >= 4 is 5.71 Å². The fraction of sp³-hybridized carbons (Fsp3) is 0.357. The third-order valence-corrected chi connectivity index (χ3v) is 2.88. The molecular weight excluding hydrogens is 212 g/mol. The molecule has 0 saturated carbocycles. The van der Waals surface area contributed by atoms with Crippen molar-refractivity contribution in [2.24, 2.45) is 5.16 Å². The Kier molecular flexibility index (Phi) is 3.94. The molecule has 1 aromatic carbocycles. The highest BCUT2D eigenvalue weighted by atomic mass is 16.6. The maximum atomic E-state index is 5.42. The van der Waals surface area contributed by atoms with E-state index in [2.05, 4.69) is 48.2 Å². The maximum absolute atomic E-state index is 5.42. The van der Waals surface area contributed by atoms with Crippen LogP contribution >= 0.6 is 0 Å². The second-order valence-corrected chi connectivity index (χ2v) is 4.38. The molecule has 90 valence electrons. The van der Waals surface area contributed by atoms with E-state index in [1.807, 2.05) is 6.08 Å². The second-order valence-electron chi connectivity index (χ2n) is 4.38. The van der Waals surface area contributed by atoms with Crippen molar-refractivity contribution in [1.82, 2.24) is 0 Å². The zero-order valence-electron chi connectivity index (χ0n) is 10.2. The van der Waals surface area contributed by atoms with Crippen LogP contribution in [0, 0.1) is 6.92 Å². The van der Waals surface area contributed by atoms with Crippen LogP contribution in [-0.4, -0.2) is 24.9 Å². The van der Waals surface area contributed by atoms with Crippen LogP contribution in [0.5, 0.6) is 0 Å². The highest BCUT2D eigenvalue weighted by Gasteiger charge is 2.23. The van der Waals surface area contributed by atoms with Crippen LogP contribution in [0.25, 0.3) is 0 Å². The molecule has 1 atom stereocenters. The molecule has 0 spiro atoms. The van der Waals surface area contributed by atoms with E-state index in [9.17, 15) is 0 Å². The molecular formula is C14H19N2O+. The van der Waals surface area contributed by atoms with Gasteiger partial charge in [-0.1, -0.05) is 41.6 Å². The molecule has 17 heavy (non-hydrogen) atoms. The number of quaternary nitrogens is 1. The van der Waals surface area contributed by atoms with Gasteiger partial charge in [-0.15, -0.1) is 0 Å². The Morgan fingerprint density at radius 1 is 1.47 bits per heavy atom. The largest absolute Gasteiger partial charge is 0.386 e. The number of hydrogen-bond donors (Lipinski definition) is 1. The minimum atomic E-state index is 0.200. The number of hydrogen-bond acceptors (Lipinski definition) is 2. The topological polar surface area (TPSA) is 38.2 Å². The van der Waals surface area contributed by atoms with Crippen molar-refractivity contribution < 1.29 is 10.2 Å². The van der Waals surface area contributed by atoms with Gasteiger partial charge in [0.25, 0.3) is 0 Å². The molecule has 0 aromatic heterocycles. The van der Waals surface area contributed by atoms with Crippen LogP contribution in [0.2, 0.25) is 0 Å². The molecule has 0 amide bonds. The van der Waals surface area contributed by atoms with Crippen LogP contribution in [0.15, 0.2) is 42.1 Å². The molecule has 1 aliphatic heterocycles. The van der Waals surface area contributed by atoms with Gasteiger partial charge in [0.15, 0.2) is 6.10 Å². The van der Waals surface area contributed by atoms with Gasteiger partial charge in [-0.2, -0.15) is 0 Å². The predicted octanol–water partition coefficient (Wildman–Crippen LogP) is 1.24. The first kappa shape index (κ1) is 11.9. The van der Waals surface area contributed by atoms with Crippen LogP contribution in [0.1, 0.15) is 17.5 Å². The number of benzene rings is 1. The zero-order chi connectivity index (χ0) is 12.1. The van der Waals surface area contributed by atoms with Gasteiger partial charge in [0.05, 0.1) is 12.3 Å². The molecule has 2 N–H and O–H groups in total. The molecule has 0 fully saturated rings. The van der Waals surface area contributed by atoms with Crippen molar-refractivity contribution in [3.8, 4) is 0 Å². The summed E-state index contributed by atoms with van der Waals surface area (Å²) in [5.41, 5.74) is 3.49. The van der Waals surface area contributed by atoms with Crippen molar-refractivity contribution in [3.05, 3.63) is 48.0 Å². The molecule has 0 bridgehead atoms. The van der Waals surface area contributed by atoms with Crippen molar-refractivity contribution in [2.45, 2.75) is 19.4 Å². The van der Waals surface area contributed by atoms with E-state index in [1.165, 1.54) is 11.1 Å². The molecule has 2 rings (SSSR count). The Morgan fingerprint density at radius 3 is 2.94 bits per heavy atom. The van der Waals surface area contributed by atoms with Gasteiger partial charge in [0.2, 0.25) is 0 Å². The summed E-state index contributed by atoms with van der Waals surface area (Å²) in [7, 11) is 0. The van der Waals surface area contributed by atoms with Gasteiger partial charge in [-0.25, -0.2) is 0 Å². The summed E-state index contributed by atoms with van der Waals surface area (Å²) in [4.78, 5) is 5.42. The van der Waals surface area contributed by atoms with Crippen molar-refractivity contribution in [3.63, 3.8) is 0 Å². The highest BCUT2D eigenvalue weighted by molar-refractivity contribution is 6.01. The minimum Gasteiger partial charge on any atom is -0.386 e. The van der Waals surface area contributed by atoms with Crippen LogP contribution in [-0.2, 0) is 4.84 Å². The van der Waals surface area contributed by atoms with Crippen LogP contribution < -0.4 is 5.32 Å². The summed E-state index contributed by atoms with van der Waals surface area (Å²) in [5, 5.41) is 6.35. The lowest BCUT2D eigenvalue weighted by Gasteiger charge is -2.05. The average Bonchev–Trinajstić information content (AvgIpc) is 2.79. The Bertz CT molecular complexity index is 409. The number of oxime groups is 1. The summed E-state index contributed by atoms with van der Waals surface area (Å²) in [6.45, 7) is 7.65. The normalized spacial score (nSPS) is 18.6. The molecule has 0 aliphatic carbocycles. The summed E-state index contributed by atoms with van der Waals surface area (Å²) in [6.07, 6.45) is 3.00. The number of nitrogens with two attached hydrogens (primary N) is 1. The van der Waals surface area contributed by atoms with E-state index >= 15 is 0 Å². The third-order valence-electron chi connectivity index (χ3n) is 2.88. The molecule has 0 saturated heterocycles. The Hall–Kier alpha value is -1.61. The summed E-state index contributed by atoms with van der Waals surface area (Å²) in [6, 6.07) is 8.42. The summed E-state index contributed by atoms with van der Waals surface area (Å²) in [5.74, 6) is 0. The molecule has 1 heterocycles. The molecule has 1 aromatic rings. The smallest absolute Gasteiger partial charge is 0.181 e. The Labute approximate surface area is 102 Å². The molecule has 0 unspecified atom stereocenters. The quantitative estimate of drug-likeness (QED) is 0.601. The lowest BCUT2D eigenvalue weighted by molar-refractivity contribution is -0.652. The fourth-order valence-electron chi connectivity index (χ4n) is 1.87. The Balaban J connectivity index is 1.88. The molecule has 3 heteroatoms. The van der Waals surface area contributed by atoms with Gasteiger partial charge < -0.3 is 10.2 Å². The summed E-state index contributed by atoms with van der Waals surface area (Å²) < 4.78 is 0. The first-order valence-corrected chi connectivity index (χ1v) is 6.02. The third kappa shape index (κ3) is 3.17. The van der Waals surface area contributed by atoms with Crippen molar-refractivity contribution in [2.75, 3.05) is 13.1 Å². The first-order valence-electron chi connectivity index (χ1n) is 6.02. The van der Waals surface area contributed by atoms with Gasteiger partial charge in [-0.05, 0) is 18.6 Å². The van der Waals surface area contributed by atoms with Gasteiger partial charge in [0.1, 0.15) is 6.54 Å². The molecule has 0 radical (unpaired) electrons. The SMILES string of the molecule is C=CC[NH2+]C[C@H]1CC(c2ccc(C)cc2)=NO1. The molecule has 1 aliphatic rings. The fourth-order valence-corrected chi connectivity index (χ4v) is 1.87. The maximum Gasteiger partial charge on any atom is 0.181 e. The van der Waals surface area contributed by atoms with Crippen LogP contribution in [0.4, 0.5) is 0 Å². The van der Waals surface area contributed by atoms with Gasteiger partial charge in [-0.3, -0.25) is 0 Å². The average molecular weight is 231 g/mol. The van der Waals surface area contributed by atoms with E-state index in [4.69, 9.17) is 4.84 Å². The first-order chi connectivity index (χ1) is 8.29. The Morgan fingerprint density at radius 2 is 2.24 bits per heavy atom. The lowest BCUT2D eigenvalue weighted by atomic mass is 10.0. The second kappa shape index (κ2) is 5.64. The number of rotatable bonds is 5. The number of nitrogens with zero attached hydrogens (tertiary/aromatic N) is 1. The lowest BCUT2D eigenvalue weighted by Crippen LogP contribution is -2.86. The van der Waals surface area contributed by atoms with Gasteiger partial charge >= 0.3 is 0 Å². The zero-order valence-corrected chi connectivity index (χ0v) is 10.2. The van der Waals surface area contributed by atoms with E-state index < -0.39 is 0 Å².